The molecule has 0 fully saturated rings. The summed E-state index contributed by atoms with van der Waals surface area (Å²) < 4.78 is 0. The minimum Gasteiger partial charge on any atom is -0.382 e. The fraction of sp³-hybridized carbons (Fsp3) is 0.0625. The van der Waals surface area contributed by atoms with Crippen LogP contribution in [0, 0.1) is 0 Å². The van der Waals surface area contributed by atoms with Crippen molar-refractivity contribution in [2.45, 2.75) is 4.90 Å². The molecule has 0 bridgehead atoms. The van der Waals surface area contributed by atoms with Gasteiger partial charge in [-0.25, -0.2) is 0 Å². The number of aromatic amines is 1. The SMILES string of the molecule is CSc1ccccc1-c1[nH]nc(N)c1-c1ccc(Cl)cc1. The number of thioether (sulfide) groups is 1. The van der Waals surface area contributed by atoms with Gasteiger partial charge in [-0.05, 0) is 30.0 Å². The van der Waals surface area contributed by atoms with Crippen LogP contribution in [0.5, 0.6) is 0 Å². The number of nitrogens with zero attached hydrogens (tertiary/aromatic N) is 1. The molecule has 0 atom stereocenters. The highest BCUT2D eigenvalue weighted by Crippen LogP contribution is 2.38. The third-order valence-corrected chi connectivity index (χ3v) is 4.35. The van der Waals surface area contributed by atoms with Crippen LogP contribution in [0.2, 0.25) is 5.02 Å². The lowest BCUT2D eigenvalue weighted by molar-refractivity contribution is 1.10. The number of halogens is 1. The minimum atomic E-state index is 0.489. The molecule has 5 heteroatoms. The zero-order chi connectivity index (χ0) is 14.8. The monoisotopic (exact) mass is 315 g/mol. The van der Waals surface area contributed by atoms with Crippen molar-refractivity contribution in [3.05, 3.63) is 53.6 Å². The Balaban J connectivity index is 2.19. The first kappa shape index (κ1) is 14.0. The van der Waals surface area contributed by atoms with E-state index in [9.17, 15) is 0 Å². The van der Waals surface area contributed by atoms with Gasteiger partial charge in [-0.1, -0.05) is 41.9 Å². The van der Waals surface area contributed by atoms with Crippen molar-refractivity contribution in [3.8, 4) is 22.4 Å². The van der Waals surface area contributed by atoms with Crippen molar-refractivity contribution < 1.29 is 0 Å². The second kappa shape index (κ2) is 5.84. The summed E-state index contributed by atoms with van der Waals surface area (Å²) in [4.78, 5) is 1.18. The molecule has 3 N–H and O–H groups in total. The zero-order valence-electron chi connectivity index (χ0n) is 11.4. The van der Waals surface area contributed by atoms with Gasteiger partial charge in [0.1, 0.15) is 0 Å². The molecule has 0 aliphatic heterocycles. The molecule has 1 aromatic heterocycles. The van der Waals surface area contributed by atoms with Crippen LogP contribution in [-0.4, -0.2) is 16.5 Å². The molecular formula is C16H14ClN3S. The molecule has 0 saturated carbocycles. The Morgan fingerprint density at radius 2 is 1.81 bits per heavy atom. The standard InChI is InChI=1S/C16H14ClN3S/c1-21-13-5-3-2-4-12(13)15-14(16(18)20-19-15)10-6-8-11(17)9-7-10/h2-9H,1H3,(H3,18,19,20). The smallest absolute Gasteiger partial charge is 0.153 e. The maximum absolute atomic E-state index is 6.06. The first-order valence-electron chi connectivity index (χ1n) is 6.44. The third-order valence-electron chi connectivity index (χ3n) is 3.30. The topological polar surface area (TPSA) is 54.7 Å². The highest BCUT2D eigenvalue weighted by atomic mass is 35.5. The van der Waals surface area contributed by atoms with E-state index in [1.54, 1.807) is 11.8 Å². The van der Waals surface area contributed by atoms with Crippen LogP contribution < -0.4 is 5.73 Å². The van der Waals surface area contributed by atoms with E-state index in [1.807, 2.05) is 36.4 Å². The number of nitrogen functional groups attached to an aromatic ring is 1. The number of nitrogens with one attached hydrogen (secondary N) is 1. The predicted octanol–water partition coefficient (Wildman–Crippen LogP) is 4.70. The lowest BCUT2D eigenvalue weighted by Crippen LogP contribution is -1.89. The Labute approximate surface area is 132 Å². The molecule has 106 valence electrons. The van der Waals surface area contributed by atoms with E-state index in [1.165, 1.54) is 4.90 Å². The van der Waals surface area contributed by atoms with Gasteiger partial charge in [0.15, 0.2) is 5.82 Å². The quantitative estimate of drug-likeness (QED) is 0.689. The molecule has 3 rings (SSSR count). The Kier molecular flexibility index (Phi) is 3.90. The highest BCUT2D eigenvalue weighted by molar-refractivity contribution is 7.98. The molecule has 0 amide bonds. The van der Waals surface area contributed by atoms with Crippen molar-refractivity contribution in [2.24, 2.45) is 0 Å². The number of aromatic nitrogens is 2. The molecule has 0 unspecified atom stereocenters. The van der Waals surface area contributed by atoms with Crippen LogP contribution in [0.15, 0.2) is 53.4 Å². The van der Waals surface area contributed by atoms with Crippen molar-refractivity contribution in [3.63, 3.8) is 0 Å². The van der Waals surface area contributed by atoms with Crippen LogP contribution in [0.25, 0.3) is 22.4 Å². The number of nitrogens with two attached hydrogens (primary N) is 1. The van der Waals surface area contributed by atoms with E-state index < -0.39 is 0 Å². The molecule has 0 radical (unpaired) electrons. The average Bonchev–Trinajstić information content (AvgIpc) is 2.90. The molecule has 0 aliphatic carbocycles. The van der Waals surface area contributed by atoms with Gasteiger partial charge in [0.2, 0.25) is 0 Å². The molecule has 1 heterocycles. The van der Waals surface area contributed by atoms with Gasteiger partial charge in [0, 0.05) is 15.5 Å². The lowest BCUT2D eigenvalue weighted by atomic mass is 10.0. The van der Waals surface area contributed by atoms with Crippen molar-refractivity contribution in [1.29, 1.82) is 0 Å². The van der Waals surface area contributed by atoms with Gasteiger partial charge in [0.25, 0.3) is 0 Å². The Morgan fingerprint density at radius 3 is 2.52 bits per heavy atom. The Hall–Kier alpha value is -1.91. The molecule has 2 aromatic carbocycles. The molecule has 0 spiro atoms. The maximum atomic E-state index is 6.06. The van der Waals surface area contributed by atoms with Gasteiger partial charge in [0.05, 0.1) is 11.3 Å². The van der Waals surface area contributed by atoms with E-state index in [0.717, 1.165) is 22.4 Å². The molecule has 21 heavy (non-hydrogen) atoms. The summed E-state index contributed by atoms with van der Waals surface area (Å²) >= 11 is 7.66. The Morgan fingerprint density at radius 1 is 1.10 bits per heavy atom. The summed E-state index contributed by atoms with van der Waals surface area (Å²) in [6.07, 6.45) is 2.06. The minimum absolute atomic E-state index is 0.489. The summed E-state index contributed by atoms with van der Waals surface area (Å²) in [5.41, 5.74) is 9.99. The molecule has 3 nitrogen and oxygen atoms in total. The fourth-order valence-corrected chi connectivity index (χ4v) is 3.04. The van der Waals surface area contributed by atoms with Gasteiger partial charge in [-0.3, -0.25) is 5.10 Å². The molecule has 3 aromatic rings. The van der Waals surface area contributed by atoms with Crippen LogP contribution in [0.1, 0.15) is 0 Å². The number of anilines is 1. The van der Waals surface area contributed by atoms with E-state index in [4.69, 9.17) is 17.3 Å². The predicted molar refractivity (Wildman–Crippen MR) is 90.7 cm³/mol. The van der Waals surface area contributed by atoms with Crippen molar-refractivity contribution >= 4 is 29.2 Å². The fourth-order valence-electron chi connectivity index (χ4n) is 2.31. The van der Waals surface area contributed by atoms with E-state index in [-0.39, 0.29) is 0 Å². The molecular weight excluding hydrogens is 302 g/mol. The number of rotatable bonds is 3. The molecule has 0 aliphatic rings. The summed E-state index contributed by atoms with van der Waals surface area (Å²) in [5.74, 6) is 0.489. The van der Waals surface area contributed by atoms with Gasteiger partial charge in [-0.2, -0.15) is 5.10 Å². The summed E-state index contributed by atoms with van der Waals surface area (Å²) in [6.45, 7) is 0. The summed E-state index contributed by atoms with van der Waals surface area (Å²) in [7, 11) is 0. The number of hydrogen-bond acceptors (Lipinski definition) is 3. The normalized spacial score (nSPS) is 10.8. The highest BCUT2D eigenvalue weighted by Gasteiger charge is 2.16. The summed E-state index contributed by atoms with van der Waals surface area (Å²) in [6, 6.07) is 15.8. The number of benzene rings is 2. The number of hydrogen-bond donors (Lipinski definition) is 2. The second-order valence-electron chi connectivity index (χ2n) is 4.57. The number of H-pyrrole nitrogens is 1. The van der Waals surface area contributed by atoms with Gasteiger partial charge in [-0.15, -0.1) is 11.8 Å². The van der Waals surface area contributed by atoms with E-state index in [2.05, 4.69) is 28.6 Å². The van der Waals surface area contributed by atoms with Crippen LogP contribution in [-0.2, 0) is 0 Å². The van der Waals surface area contributed by atoms with Crippen LogP contribution in [0.3, 0.4) is 0 Å². The third kappa shape index (κ3) is 2.64. The van der Waals surface area contributed by atoms with Crippen molar-refractivity contribution in [2.75, 3.05) is 12.0 Å². The zero-order valence-corrected chi connectivity index (χ0v) is 13.0. The Bertz CT molecular complexity index is 765. The molecule has 0 saturated heterocycles. The first-order valence-corrected chi connectivity index (χ1v) is 8.04. The van der Waals surface area contributed by atoms with E-state index >= 15 is 0 Å². The van der Waals surface area contributed by atoms with Crippen molar-refractivity contribution in [1.82, 2.24) is 10.2 Å². The van der Waals surface area contributed by atoms with Gasteiger partial charge < -0.3 is 5.73 Å². The van der Waals surface area contributed by atoms with Crippen LogP contribution >= 0.6 is 23.4 Å². The summed E-state index contributed by atoms with van der Waals surface area (Å²) in [5, 5.41) is 7.94. The van der Waals surface area contributed by atoms with Gasteiger partial charge >= 0.3 is 0 Å². The van der Waals surface area contributed by atoms with Crippen LogP contribution in [0.4, 0.5) is 5.82 Å². The lowest BCUT2D eigenvalue weighted by Gasteiger charge is -2.08. The first-order chi connectivity index (χ1) is 10.2. The van der Waals surface area contributed by atoms with E-state index in [0.29, 0.717) is 10.8 Å². The maximum Gasteiger partial charge on any atom is 0.153 e. The average molecular weight is 316 g/mol. The second-order valence-corrected chi connectivity index (χ2v) is 5.85. The largest absolute Gasteiger partial charge is 0.382 e.